The van der Waals surface area contributed by atoms with Crippen LogP contribution >= 0.6 is 11.8 Å². The first-order valence-corrected chi connectivity index (χ1v) is 45.9. The first-order valence-electron chi connectivity index (χ1n) is 44.5. The van der Waals surface area contributed by atoms with Gasteiger partial charge in [-0.05, 0) is 155 Å². The summed E-state index contributed by atoms with van der Waals surface area (Å²) in [7, 11) is 0. The fourth-order valence-corrected chi connectivity index (χ4v) is 17.2. The third-order valence-corrected chi connectivity index (χ3v) is 23.7. The van der Waals surface area contributed by atoms with Crippen molar-refractivity contribution in [2.24, 2.45) is 23.7 Å². The van der Waals surface area contributed by atoms with Crippen molar-refractivity contribution in [1.82, 2.24) is 46.0 Å². The molecule has 0 aliphatic heterocycles. The number of fused-ring (bicyclic) bond motifs is 1. The number of carbonyl (C=O) groups is 12. The highest BCUT2D eigenvalue weighted by molar-refractivity contribution is 7.98. The number of para-hydroxylation sites is 1. The molecule has 6 N–H and O–H groups in total. The Labute approximate surface area is 765 Å². The second-order valence-corrected chi connectivity index (χ2v) is 36.9. The monoisotopic (exact) mass is 1780 g/mol. The van der Waals surface area contributed by atoms with Crippen molar-refractivity contribution >= 4 is 93.1 Å². The van der Waals surface area contributed by atoms with Gasteiger partial charge in [0.15, 0.2) is 28.9 Å². The molecular weight excluding hydrogens is 1660 g/mol. The molecule has 0 aliphatic carbocycles. The fourth-order valence-electron chi connectivity index (χ4n) is 16.8. The molecule has 0 saturated heterocycles. The molecule has 25 heteroatoms. The van der Waals surface area contributed by atoms with Gasteiger partial charge in [0.2, 0.25) is 35.4 Å². The highest BCUT2D eigenvalue weighted by Crippen LogP contribution is 2.42. The molecular formula is C105H122FN9O14S. The van der Waals surface area contributed by atoms with Crippen LogP contribution in [-0.4, -0.2) is 144 Å². The van der Waals surface area contributed by atoms with Crippen LogP contribution in [0.25, 0.3) is 10.9 Å². The number of imidazole rings is 1. The van der Waals surface area contributed by atoms with Gasteiger partial charge in [-0.25, -0.2) is 14.2 Å². The molecule has 130 heavy (non-hydrogen) atoms. The lowest BCUT2D eigenvalue weighted by Crippen LogP contribution is -2.52. The number of amides is 6. The third kappa shape index (κ3) is 26.8. The maximum atomic E-state index is 15.6. The minimum atomic E-state index is -1.46. The number of nitrogens with zero attached hydrogens (tertiary/aromatic N) is 3. The third-order valence-electron chi connectivity index (χ3n) is 23.0. The van der Waals surface area contributed by atoms with Crippen molar-refractivity contribution in [2.45, 2.75) is 219 Å². The van der Waals surface area contributed by atoms with Gasteiger partial charge in [0, 0.05) is 86.9 Å². The molecule has 0 aliphatic rings. The highest BCUT2D eigenvalue weighted by atomic mass is 32.2. The van der Waals surface area contributed by atoms with Crippen molar-refractivity contribution in [2.75, 3.05) is 12.0 Å². The maximum absolute atomic E-state index is 15.6. The van der Waals surface area contributed by atoms with Crippen LogP contribution in [0.15, 0.2) is 249 Å². The van der Waals surface area contributed by atoms with Crippen LogP contribution in [-0.2, 0) is 92.6 Å². The number of rotatable bonds is 46. The quantitative estimate of drug-likeness (QED) is 0.0193. The van der Waals surface area contributed by atoms with Gasteiger partial charge in [-0.1, -0.05) is 240 Å². The fraction of sp³-hybridized carbons (Fsp3) is 0.381. The van der Waals surface area contributed by atoms with Crippen LogP contribution in [0.3, 0.4) is 0 Å². The normalized spacial score (nSPS) is 13.9. The van der Waals surface area contributed by atoms with Crippen molar-refractivity contribution < 1.29 is 71.4 Å². The van der Waals surface area contributed by atoms with Gasteiger partial charge in [0.05, 0.1) is 59.8 Å². The molecule has 23 nitrogen and oxygen atoms in total. The van der Waals surface area contributed by atoms with E-state index in [1.165, 1.54) is 60.6 Å². The lowest BCUT2D eigenvalue weighted by atomic mass is 9.76. The van der Waals surface area contributed by atoms with Gasteiger partial charge in [0.25, 0.3) is 0 Å². The molecule has 2 heterocycles. The zero-order valence-corrected chi connectivity index (χ0v) is 77.3. The van der Waals surface area contributed by atoms with E-state index in [4.69, 9.17) is 14.5 Å². The SMILES string of the molecule is CCC(=O)N[C@@H](CC(=O)NC(c1ccccc1)(c1ccccc1)c1ccccc1)C(=O)C[C@@H](CC(C)C)C(=O)N[C@@H](Cc1cn(C(=O)OC(C)(C)C)c2ccccc12)C(=O)C[C@@H](C)C(=O)N[C@H](C(=O)CCC(=O)N[C@@H](Cc1cn(C(c2ccccc2)(c2ccccc2)c2ccccc2)cn1)C(=O)C[C@@H](Cc1ccc(F)cc1)C(=O)N[C@@H](CCSC)C(C)=O)[C@@H](C)OC(C)(C)C. The lowest BCUT2D eigenvalue weighted by Gasteiger charge is -2.37. The Morgan fingerprint density at radius 3 is 1.45 bits per heavy atom. The summed E-state index contributed by atoms with van der Waals surface area (Å²) >= 11 is 1.49. The molecule has 6 amide bonds. The van der Waals surface area contributed by atoms with Crippen LogP contribution < -0.4 is 31.9 Å². The Bertz CT molecular complexity index is 5330. The van der Waals surface area contributed by atoms with Crippen LogP contribution in [0.2, 0.25) is 0 Å². The molecule has 0 radical (unpaired) electrons. The number of nitrogens with one attached hydrogen (secondary N) is 6. The molecule has 9 atom stereocenters. The van der Waals surface area contributed by atoms with Crippen molar-refractivity contribution in [1.29, 1.82) is 0 Å². The highest BCUT2D eigenvalue weighted by Gasteiger charge is 2.43. The summed E-state index contributed by atoms with van der Waals surface area (Å²) in [6.45, 7) is 20.2. The van der Waals surface area contributed by atoms with E-state index >= 15 is 33.6 Å². The Morgan fingerprint density at radius 1 is 0.469 bits per heavy atom. The second-order valence-electron chi connectivity index (χ2n) is 35.9. The molecule has 10 aromatic rings. The molecule has 2 aromatic heterocycles. The number of ether oxygens (including phenoxy) is 2. The molecule has 0 fully saturated rings. The molecule has 0 bridgehead atoms. The lowest BCUT2D eigenvalue weighted by molar-refractivity contribution is -0.139. The van der Waals surface area contributed by atoms with Gasteiger partial charge in [-0.3, -0.25) is 57.3 Å². The summed E-state index contributed by atoms with van der Waals surface area (Å²) in [5, 5.41) is 18.2. The summed E-state index contributed by atoms with van der Waals surface area (Å²) in [5.41, 5.74) is 2.36. The van der Waals surface area contributed by atoms with E-state index in [-0.39, 0.29) is 43.8 Å². The zero-order chi connectivity index (χ0) is 94.0. The summed E-state index contributed by atoms with van der Waals surface area (Å²) < 4.78 is 29.9. The van der Waals surface area contributed by atoms with E-state index in [0.717, 1.165) is 16.7 Å². The number of carbonyl (C=O) groups excluding carboxylic acids is 12. The minimum Gasteiger partial charge on any atom is -0.443 e. The van der Waals surface area contributed by atoms with Crippen LogP contribution in [0, 0.1) is 29.5 Å². The average molecular weight is 1790 g/mol. The van der Waals surface area contributed by atoms with Crippen LogP contribution in [0.1, 0.15) is 191 Å². The standard InChI is InChI=1S/C105H122FN9O14S/c1-14-94(121)108-88(64-96(123)113-104(76-35-21-15-22-36-76,77-37-23-16-24-38-77)78-39-25-17-26-40-78)93(120)61-73(57-68(2)3)99(125)111-86(60-75-65-115(101(127)129-103(10,11)12)89-48-34-33-47-84(75)89)91(118)58-69(4)98(124)112-97(71(6)128-102(7,8)9)90(117)53-54-95(122)109-87(92(119)62-74(59-72-49-51-82(106)52-50-72)100(126)110-85(70(5)116)55-56-130-13)63-83-66-114(67-107-83)105(79-41-27-18-28-42-79,80-43-29-19-30-44-80)81-45-31-20-32-46-81/h15-52,65-69,71,73-74,85-88,97H,14,53-64H2,1-13H3,(H,108,121)(H,109,122)(H,110,126)(H,111,125)(H,112,124)(H,113,123)/t69-,71-,73-,74-,85+,86+,87+,88+,97+/m1/s1. The van der Waals surface area contributed by atoms with E-state index in [2.05, 4.69) is 31.9 Å². The molecule has 0 spiro atoms. The number of Topliss-reactive ketones (excluding diaryl/α,β-unsaturated/α-hetero) is 5. The van der Waals surface area contributed by atoms with Gasteiger partial charge in [0.1, 0.15) is 28.5 Å². The Morgan fingerprint density at radius 2 is 0.946 bits per heavy atom. The topological polar surface area (TPSA) is 318 Å². The predicted molar refractivity (Wildman–Crippen MR) is 503 cm³/mol. The molecule has 10 rings (SSSR count). The number of ketones is 5. The number of aromatic nitrogens is 3. The van der Waals surface area contributed by atoms with Crippen molar-refractivity contribution in [3.63, 3.8) is 0 Å². The van der Waals surface area contributed by atoms with E-state index < -0.39 is 185 Å². The number of halogens is 1. The zero-order valence-electron chi connectivity index (χ0n) is 76.5. The summed E-state index contributed by atoms with van der Waals surface area (Å²) in [4.78, 5) is 182. The largest absolute Gasteiger partial charge is 0.443 e. The average Bonchev–Trinajstić information content (AvgIpc) is 1.32. The van der Waals surface area contributed by atoms with Crippen molar-refractivity contribution in [3.05, 3.63) is 305 Å². The summed E-state index contributed by atoms with van der Waals surface area (Å²) in [5.74, 6) is -10.6. The maximum Gasteiger partial charge on any atom is 0.419 e. The number of hydrogen-bond donors (Lipinski definition) is 6. The van der Waals surface area contributed by atoms with E-state index in [0.29, 0.717) is 56.6 Å². The minimum absolute atomic E-state index is 0.0421. The Kier molecular flexibility index (Phi) is 35.3. The summed E-state index contributed by atoms with van der Waals surface area (Å²) in [6.07, 6.45) is 1.80. The number of hydrogen-bond acceptors (Lipinski definition) is 16. The smallest absolute Gasteiger partial charge is 0.419 e. The first kappa shape index (κ1) is 99.5. The van der Waals surface area contributed by atoms with Crippen LogP contribution in [0.5, 0.6) is 0 Å². The summed E-state index contributed by atoms with van der Waals surface area (Å²) in [6, 6.07) is 63.4. The predicted octanol–water partition coefficient (Wildman–Crippen LogP) is 15.6. The number of benzene rings is 8. The Balaban J connectivity index is 0.929. The van der Waals surface area contributed by atoms with Crippen molar-refractivity contribution in [3.8, 4) is 0 Å². The molecule has 8 aromatic carbocycles. The Hall–Kier alpha value is -12.6. The number of thioether (sulfide) groups is 1. The van der Waals surface area contributed by atoms with Gasteiger partial charge >= 0.3 is 6.09 Å². The van der Waals surface area contributed by atoms with E-state index in [1.807, 2.05) is 207 Å². The van der Waals surface area contributed by atoms with E-state index in [1.54, 1.807) is 92.2 Å². The second kappa shape index (κ2) is 46.1. The van der Waals surface area contributed by atoms with E-state index in [9.17, 15) is 28.4 Å². The van der Waals surface area contributed by atoms with Crippen LogP contribution in [0.4, 0.5) is 9.18 Å². The molecule has 0 saturated carbocycles. The van der Waals surface area contributed by atoms with Gasteiger partial charge in [-0.2, -0.15) is 11.8 Å². The van der Waals surface area contributed by atoms with Gasteiger partial charge in [-0.15, -0.1) is 0 Å². The molecule has 684 valence electrons. The molecule has 0 unspecified atom stereocenters. The first-order chi connectivity index (χ1) is 62.0. The van der Waals surface area contributed by atoms with Gasteiger partial charge < -0.3 is 45.9 Å².